The van der Waals surface area contributed by atoms with Crippen molar-refractivity contribution in [3.05, 3.63) is 0 Å². The van der Waals surface area contributed by atoms with Crippen LogP contribution in [0, 0.1) is 22.7 Å². The van der Waals surface area contributed by atoms with Gasteiger partial charge in [-0.25, -0.2) is 0 Å². The Morgan fingerprint density at radius 1 is 1.29 bits per heavy atom. The van der Waals surface area contributed by atoms with E-state index in [9.17, 15) is 5.26 Å². The predicted octanol–water partition coefficient (Wildman–Crippen LogP) is 2.89. The summed E-state index contributed by atoms with van der Waals surface area (Å²) in [6.45, 7) is 0. The van der Waals surface area contributed by atoms with Gasteiger partial charge in [0.25, 0.3) is 0 Å². The van der Waals surface area contributed by atoms with E-state index in [0.717, 1.165) is 19.3 Å². The van der Waals surface area contributed by atoms with E-state index >= 15 is 0 Å². The number of hydrogen-bond donors (Lipinski definition) is 0. The Hall–Kier alpha value is -0.550. The van der Waals surface area contributed by atoms with Crippen LogP contribution in [-0.2, 0) is 4.74 Å². The van der Waals surface area contributed by atoms with Crippen LogP contribution in [0.5, 0.6) is 0 Å². The Morgan fingerprint density at radius 3 is 2.57 bits per heavy atom. The van der Waals surface area contributed by atoms with Crippen LogP contribution in [0.25, 0.3) is 0 Å². The van der Waals surface area contributed by atoms with Crippen LogP contribution in [0.4, 0.5) is 0 Å². The number of hydrogen-bond acceptors (Lipinski definition) is 2. The monoisotopic (exact) mass is 193 g/mol. The third-order valence-corrected chi connectivity index (χ3v) is 4.21. The molecule has 2 aliphatic rings. The molecule has 0 N–H and O–H groups in total. The molecule has 2 nitrogen and oxygen atoms in total. The molecule has 78 valence electrons. The van der Waals surface area contributed by atoms with Crippen LogP contribution < -0.4 is 0 Å². The van der Waals surface area contributed by atoms with E-state index < -0.39 is 0 Å². The summed E-state index contributed by atoms with van der Waals surface area (Å²) in [5.74, 6) is 0.611. The highest BCUT2D eigenvalue weighted by Crippen LogP contribution is 2.51. The number of nitriles is 1. The van der Waals surface area contributed by atoms with Crippen molar-refractivity contribution in [2.45, 2.75) is 51.0 Å². The maximum atomic E-state index is 9.26. The minimum Gasteiger partial charge on any atom is -0.381 e. The predicted molar refractivity (Wildman–Crippen MR) is 54.7 cm³/mol. The summed E-state index contributed by atoms with van der Waals surface area (Å²) in [4.78, 5) is 0. The van der Waals surface area contributed by atoms with Crippen molar-refractivity contribution >= 4 is 0 Å². The molecular weight excluding hydrogens is 174 g/mol. The average Bonchev–Trinajstić information content (AvgIpc) is 2.18. The second kappa shape index (κ2) is 3.90. The van der Waals surface area contributed by atoms with Gasteiger partial charge >= 0.3 is 0 Å². The first kappa shape index (κ1) is 9.98. The summed E-state index contributed by atoms with van der Waals surface area (Å²) in [5.41, 5.74) is 0.0389. The standard InChI is InChI=1S/C12H19NO/c1-14-11-5-2-4-10(8-11)12(9-13)6-3-7-12/h10-11H,2-8H2,1H3. The highest BCUT2D eigenvalue weighted by Gasteiger charge is 2.45. The fourth-order valence-corrected chi connectivity index (χ4v) is 3.03. The highest BCUT2D eigenvalue weighted by molar-refractivity contribution is 5.09. The molecule has 2 atom stereocenters. The molecule has 0 aliphatic heterocycles. The van der Waals surface area contributed by atoms with Gasteiger partial charge in [-0.2, -0.15) is 5.26 Å². The summed E-state index contributed by atoms with van der Waals surface area (Å²) in [6.07, 6.45) is 8.72. The molecule has 0 aromatic heterocycles. The molecule has 0 bridgehead atoms. The van der Waals surface area contributed by atoms with Gasteiger partial charge in [0, 0.05) is 7.11 Å². The molecule has 14 heavy (non-hydrogen) atoms. The van der Waals surface area contributed by atoms with Crippen molar-refractivity contribution in [3.8, 4) is 6.07 Å². The third-order valence-electron chi connectivity index (χ3n) is 4.21. The third kappa shape index (κ3) is 1.54. The van der Waals surface area contributed by atoms with Crippen molar-refractivity contribution in [2.75, 3.05) is 7.11 Å². The topological polar surface area (TPSA) is 33.0 Å². The van der Waals surface area contributed by atoms with Gasteiger partial charge in [-0.3, -0.25) is 0 Å². The van der Waals surface area contributed by atoms with Crippen LogP contribution in [0.1, 0.15) is 44.9 Å². The van der Waals surface area contributed by atoms with Crippen LogP contribution in [0.15, 0.2) is 0 Å². The minimum absolute atomic E-state index is 0.0389. The molecule has 2 aliphatic carbocycles. The number of ether oxygens (including phenoxy) is 1. The number of nitrogens with zero attached hydrogens (tertiary/aromatic N) is 1. The molecule has 2 unspecified atom stereocenters. The molecule has 0 radical (unpaired) electrons. The first-order valence-corrected chi connectivity index (χ1v) is 5.75. The highest BCUT2D eigenvalue weighted by atomic mass is 16.5. The quantitative estimate of drug-likeness (QED) is 0.675. The molecule has 0 spiro atoms. The van der Waals surface area contributed by atoms with E-state index in [1.54, 1.807) is 7.11 Å². The normalized spacial score (nSPS) is 35.7. The zero-order valence-corrected chi connectivity index (χ0v) is 8.96. The smallest absolute Gasteiger partial charge is 0.0692 e. The van der Waals surface area contributed by atoms with E-state index in [1.165, 1.54) is 25.7 Å². The van der Waals surface area contributed by atoms with Gasteiger partial charge in [-0.1, -0.05) is 12.8 Å². The van der Waals surface area contributed by atoms with Crippen LogP contribution >= 0.6 is 0 Å². The average molecular weight is 193 g/mol. The molecule has 2 fully saturated rings. The van der Waals surface area contributed by atoms with Gasteiger partial charge in [0.2, 0.25) is 0 Å². The minimum atomic E-state index is 0.0389. The zero-order chi connectivity index (χ0) is 10.0. The largest absolute Gasteiger partial charge is 0.381 e. The summed E-state index contributed by atoms with van der Waals surface area (Å²) in [5, 5.41) is 9.26. The summed E-state index contributed by atoms with van der Waals surface area (Å²) in [6, 6.07) is 2.57. The van der Waals surface area contributed by atoms with Crippen molar-refractivity contribution in [1.29, 1.82) is 5.26 Å². The lowest BCUT2D eigenvalue weighted by atomic mass is 9.58. The summed E-state index contributed by atoms with van der Waals surface area (Å²) >= 11 is 0. The Bertz CT molecular complexity index is 239. The molecule has 0 aromatic rings. The van der Waals surface area contributed by atoms with E-state index in [1.807, 2.05) is 0 Å². The van der Waals surface area contributed by atoms with E-state index in [-0.39, 0.29) is 5.41 Å². The van der Waals surface area contributed by atoms with Gasteiger partial charge in [-0.05, 0) is 38.0 Å². The van der Waals surface area contributed by atoms with Crippen molar-refractivity contribution in [2.24, 2.45) is 11.3 Å². The van der Waals surface area contributed by atoms with Crippen molar-refractivity contribution < 1.29 is 4.74 Å². The lowest BCUT2D eigenvalue weighted by Crippen LogP contribution is -2.40. The van der Waals surface area contributed by atoms with Crippen LogP contribution in [0.2, 0.25) is 0 Å². The van der Waals surface area contributed by atoms with E-state index in [0.29, 0.717) is 12.0 Å². The molecular formula is C12H19NO. The molecule has 0 aromatic carbocycles. The fourth-order valence-electron chi connectivity index (χ4n) is 3.03. The lowest BCUT2D eigenvalue weighted by Gasteiger charge is -2.45. The Labute approximate surface area is 86.2 Å². The molecule has 0 saturated heterocycles. The maximum Gasteiger partial charge on any atom is 0.0692 e. The lowest BCUT2D eigenvalue weighted by molar-refractivity contribution is 0.000199. The first-order chi connectivity index (χ1) is 6.80. The summed E-state index contributed by atoms with van der Waals surface area (Å²) in [7, 11) is 1.80. The number of methoxy groups -OCH3 is 1. The van der Waals surface area contributed by atoms with Crippen molar-refractivity contribution in [3.63, 3.8) is 0 Å². The van der Waals surface area contributed by atoms with Gasteiger partial charge in [0.1, 0.15) is 0 Å². The van der Waals surface area contributed by atoms with Gasteiger partial charge in [0.15, 0.2) is 0 Å². The van der Waals surface area contributed by atoms with E-state index in [2.05, 4.69) is 6.07 Å². The van der Waals surface area contributed by atoms with Crippen molar-refractivity contribution in [1.82, 2.24) is 0 Å². The molecule has 2 rings (SSSR count). The Balaban J connectivity index is 2.00. The Kier molecular flexibility index (Phi) is 2.78. The van der Waals surface area contributed by atoms with Crippen LogP contribution in [0.3, 0.4) is 0 Å². The second-order valence-corrected chi connectivity index (χ2v) is 4.84. The first-order valence-electron chi connectivity index (χ1n) is 5.75. The molecule has 2 saturated carbocycles. The summed E-state index contributed by atoms with van der Waals surface area (Å²) < 4.78 is 5.42. The van der Waals surface area contributed by atoms with Crippen LogP contribution in [-0.4, -0.2) is 13.2 Å². The molecule has 0 amide bonds. The SMILES string of the molecule is COC1CCCC(C2(C#N)CCC2)C1. The van der Waals surface area contributed by atoms with Gasteiger partial charge in [-0.15, -0.1) is 0 Å². The van der Waals surface area contributed by atoms with Gasteiger partial charge < -0.3 is 4.74 Å². The Morgan fingerprint density at radius 2 is 2.07 bits per heavy atom. The zero-order valence-electron chi connectivity index (χ0n) is 8.96. The second-order valence-electron chi connectivity index (χ2n) is 4.84. The fraction of sp³-hybridized carbons (Fsp3) is 0.917. The van der Waals surface area contributed by atoms with Gasteiger partial charge in [0.05, 0.1) is 17.6 Å². The van der Waals surface area contributed by atoms with E-state index in [4.69, 9.17) is 4.74 Å². The number of rotatable bonds is 2. The maximum absolute atomic E-state index is 9.26. The molecule has 2 heteroatoms. The molecule has 0 heterocycles.